The average molecular weight is 354 g/mol. The third-order valence-corrected chi connectivity index (χ3v) is 4.53. The molecule has 1 aliphatic heterocycles. The maximum atomic E-state index is 12.0. The van der Waals surface area contributed by atoms with E-state index in [2.05, 4.69) is 5.10 Å². The Morgan fingerprint density at radius 2 is 2.17 bits per heavy atom. The van der Waals surface area contributed by atoms with E-state index >= 15 is 0 Å². The van der Waals surface area contributed by atoms with Gasteiger partial charge in [-0.05, 0) is 20.8 Å². The van der Waals surface area contributed by atoms with Crippen LogP contribution in [-0.4, -0.2) is 50.4 Å². The fourth-order valence-electron chi connectivity index (χ4n) is 2.42. The molecule has 0 aliphatic carbocycles. The van der Waals surface area contributed by atoms with E-state index in [-0.39, 0.29) is 30.5 Å². The summed E-state index contributed by atoms with van der Waals surface area (Å²) >= 11 is 1.26. The number of carbonyl (C=O) groups excluding carboxylic acids is 2. The molecule has 1 aliphatic rings. The number of thioether (sulfide) groups is 1. The number of ether oxygens (including phenoxy) is 1. The lowest BCUT2D eigenvalue weighted by atomic mass is 10.3. The molecule has 130 valence electrons. The Balaban J connectivity index is 2.12. The zero-order chi connectivity index (χ0) is 17.9. The van der Waals surface area contributed by atoms with Crippen LogP contribution in [0.5, 0.6) is 0 Å². The smallest absolute Gasteiger partial charge is 0.333 e. The number of hydrogen-bond acceptors (Lipinski definition) is 7. The van der Waals surface area contributed by atoms with E-state index in [0.717, 1.165) is 0 Å². The first-order valence-corrected chi connectivity index (χ1v) is 8.33. The number of nitrogens with zero attached hydrogens (tertiary/aromatic N) is 4. The van der Waals surface area contributed by atoms with Gasteiger partial charge in [0.05, 0.1) is 34.9 Å². The Bertz CT molecular complexity index is 712. The highest BCUT2D eigenvalue weighted by Gasteiger charge is 2.28. The number of aryl methyl sites for hydroxylation is 1. The maximum Gasteiger partial charge on any atom is 0.333 e. The predicted molar refractivity (Wildman–Crippen MR) is 87.2 cm³/mol. The second kappa shape index (κ2) is 7.47. The van der Waals surface area contributed by atoms with Crippen molar-refractivity contribution in [3.05, 3.63) is 32.6 Å². The second-order valence-electron chi connectivity index (χ2n) is 5.07. The van der Waals surface area contributed by atoms with E-state index < -0.39 is 10.9 Å². The van der Waals surface area contributed by atoms with Gasteiger partial charge in [-0.3, -0.25) is 19.6 Å². The SMILES string of the molecule is CCOC(=O)/C=C1\SCC(=O)N1CCn1nc(C)c([N+](=O)[O-])c1C. The van der Waals surface area contributed by atoms with E-state index in [9.17, 15) is 19.7 Å². The molecule has 1 aromatic heterocycles. The summed E-state index contributed by atoms with van der Waals surface area (Å²) in [7, 11) is 0. The quantitative estimate of drug-likeness (QED) is 0.329. The van der Waals surface area contributed by atoms with Crippen LogP contribution in [-0.2, 0) is 20.9 Å². The van der Waals surface area contributed by atoms with Crippen molar-refractivity contribution < 1.29 is 19.2 Å². The fourth-order valence-corrected chi connectivity index (χ4v) is 3.37. The van der Waals surface area contributed by atoms with Gasteiger partial charge in [-0.15, -0.1) is 0 Å². The van der Waals surface area contributed by atoms with Gasteiger partial charge >= 0.3 is 11.7 Å². The summed E-state index contributed by atoms with van der Waals surface area (Å²) in [5.74, 6) is -0.365. The number of amides is 1. The van der Waals surface area contributed by atoms with Gasteiger partial charge in [0.15, 0.2) is 0 Å². The third kappa shape index (κ3) is 3.75. The summed E-state index contributed by atoms with van der Waals surface area (Å²) < 4.78 is 6.36. The molecule has 0 bridgehead atoms. The number of hydrogen-bond donors (Lipinski definition) is 0. The fraction of sp³-hybridized carbons (Fsp3) is 0.500. The van der Waals surface area contributed by atoms with E-state index in [4.69, 9.17) is 4.74 Å². The lowest BCUT2D eigenvalue weighted by Gasteiger charge is -2.17. The van der Waals surface area contributed by atoms with Gasteiger partial charge in [-0.2, -0.15) is 5.10 Å². The normalized spacial score (nSPS) is 16.0. The first kappa shape index (κ1) is 18.0. The van der Waals surface area contributed by atoms with Crippen molar-refractivity contribution in [2.24, 2.45) is 0 Å². The summed E-state index contributed by atoms with van der Waals surface area (Å²) in [4.78, 5) is 35.6. The van der Waals surface area contributed by atoms with Crippen LogP contribution < -0.4 is 0 Å². The topological polar surface area (TPSA) is 108 Å². The van der Waals surface area contributed by atoms with Crippen LogP contribution in [0.1, 0.15) is 18.3 Å². The number of rotatable bonds is 6. The molecular weight excluding hydrogens is 336 g/mol. The number of aromatic nitrogens is 2. The van der Waals surface area contributed by atoms with Crippen molar-refractivity contribution in [2.75, 3.05) is 18.9 Å². The Morgan fingerprint density at radius 3 is 2.75 bits per heavy atom. The third-order valence-electron chi connectivity index (χ3n) is 3.50. The molecule has 10 heteroatoms. The van der Waals surface area contributed by atoms with Crippen molar-refractivity contribution >= 4 is 29.3 Å². The van der Waals surface area contributed by atoms with Crippen molar-refractivity contribution in [1.82, 2.24) is 14.7 Å². The molecular formula is C14H18N4O5S. The van der Waals surface area contributed by atoms with Crippen molar-refractivity contribution in [3.63, 3.8) is 0 Å². The average Bonchev–Trinajstić information content (AvgIpc) is 2.97. The molecule has 0 aromatic carbocycles. The van der Waals surface area contributed by atoms with Gasteiger partial charge in [0.1, 0.15) is 11.4 Å². The molecule has 0 N–H and O–H groups in total. The van der Waals surface area contributed by atoms with Crippen LogP contribution >= 0.6 is 11.8 Å². The lowest BCUT2D eigenvalue weighted by molar-refractivity contribution is -0.386. The van der Waals surface area contributed by atoms with Gasteiger partial charge in [-0.1, -0.05) is 11.8 Å². The van der Waals surface area contributed by atoms with Gasteiger partial charge in [-0.25, -0.2) is 4.79 Å². The zero-order valence-electron chi connectivity index (χ0n) is 13.6. The highest BCUT2D eigenvalue weighted by molar-refractivity contribution is 8.04. The van der Waals surface area contributed by atoms with Crippen LogP contribution in [0, 0.1) is 24.0 Å². The summed E-state index contributed by atoms with van der Waals surface area (Å²) in [6, 6.07) is 0. The Morgan fingerprint density at radius 1 is 1.46 bits per heavy atom. The van der Waals surface area contributed by atoms with Gasteiger partial charge in [0, 0.05) is 6.54 Å². The summed E-state index contributed by atoms with van der Waals surface area (Å²) in [5, 5.41) is 15.7. The minimum Gasteiger partial charge on any atom is -0.463 e. The van der Waals surface area contributed by atoms with E-state index in [0.29, 0.717) is 23.0 Å². The minimum atomic E-state index is -0.499. The summed E-state index contributed by atoms with van der Waals surface area (Å²) in [5.41, 5.74) is 0.758. The largest absolute Gasteiger partial charge is 0.463 e. The zero-order valence-corrected chi connectivity index (χ0v) is 14.5. The van der Waals surface area contributed by atoms with E-state index in [1.807, 2.05) is 0 Å². The standard InChI is InChI=1S/C14H18N4O5S/c1-4-23-13(20)7-12-16(11(19)8-24-12)5-6-17-10(3)14(18(21)22)9(2)15-17/h7H,4-6,8H2,1-3H3/b12-7-. The van der Waals surface area contributed by atoms with Gasteiger partial charge in [0.25, 0.3) is 0 Å². The van der Waals surface area contributed by atoms with Gasteiger partial charge < -0.3 is 9.64 Å². The first-order valence-electron chi connectivity index (χ1n) is 7.35. The van der Waals surface area contributed by atoms with Crippen LogP contribution in [0.15, 0.2) is 11.1 Å². The Hall–Kier alpha value is -2.36. The lowest BCUT2D eigenvalue weighted by Crippen LogP contribution is -2.29. The molecule has 0 saturated carbocycles. The van der Waals surface area contributed by atoms with Crippen molar-refractivity contribution in [2.45, 2.75) is 27.3 Å². The summed E-state index contributed by atoms with van der Waals surface area (Å²) in [6.07, 6.45) is 1.29. The molecule has 1 saturated heterocycles. The van der Waals surface area contributed by atoms with Crippen LogP contribution in [0.2, 0.25) is 0 Å². The number of nitro groups is 1. The molecule has 1 amide bonds. The highest BCUT2D eigenvalue weighted by Crippen LogP contribution is 2.29. The molecule has 0 atom stereocenters. The molecule has 9 nitrogen and oxygen atoms in total. The van der Waals surface area contributed by atoms with E-state index in [1.54, 1.807) is 20.8 Å². The monoisotopic (exact) mass is 354 g/mol. The Kier molecular flexibility index (Phi) is 5.60. The van der Waals surface area contributed by atoms with Crippen LogP contribution in [0.4, 0.5) is 5.69 Å². The molecule has 2 rings (SSSR count). The molecule has 0 radical (unpaired) electrons. The van der Waals surface area contributed by atoms with Crippen molar-refractivity contribution in [1.29, 1.82) is 0 Å². The maximum absolute atomic E-state index is 12.0. The first-order chi connectivity index (χ1) is 11.3. The molecule has 1 fully saturated rings. The molecule has 0 spiro atoms. The van der Waals surface area contributed by atoms with Gasteiger partial charge in [0.2, 0.25) is 5.91 Å². The molecule has 0 unspecified atom stereocenters. The number of esters is 1. The predicted octanol–water partition coefficient (Wildman–Crippen LogP) is 1.39. The molecule has 1 aromatic rings. The minimum absolute atomic E-state index is 0.0144. The second-order valence-corrected chi connectivity index (χ2v) is 6.06. The number of carbonyl (C=O) groups is 2. The molecule has 2 heterocycles. The van der Waals surface area contributed by atoms with E-state index in [1.165, 1.54) is 27.4 Å². The summed E-state index contributed by atoms with van der Waals surface area (Å²) in [6.45, 7) is 5.73. The molecule has 24 heavy (non-hydrogen) atoms. The van der Waals surface area contributed by atoms with Crippen LogP contribution in [0.25, 0.3) is 0 Å². The van der Waals surface area contributed by atoms with Crippen LogP contribution in [0.3, 0.4) is 0 Å². The van der Waals surface area contributed by atoms with Crippen molar-refractivity contribution in [3.8, 4) is 0 Å². The highest BCUT2D eigenvalue weighted by atomic mass is 32.2. The Labute approximate surface area is 142 Å².